The van der Waals surface area contributed by atoms with E-state index in [0.29, 0.717) is 0 Å². The summed E-state index contributed by atoms with van der Waals surface area (Å²) in [5.41, 5.74) is 0.984. The van der Waals surface area contributed by atoms with Crippen molar-refractivity contribution in [2.24, 2.45) is 0 Å². The van der Waals surface area contributed by atoms with Crippen molar-refractivity contribution in [1.29, 1.82) is 0 Å². The lowest BCUT2D eigenvalue weighted by Gasteiger charge is -2.13. The van der Waals surface area contributed by atoms with Crippen molar-refractivity contribution in [1.82, 2.24) is 0 Å². The zero-order chi connectivity index (χ0) is 8.53. The lowest BCUT2D eigenvalue weighted by Crippen LogP contribution is -2.09. The van der Waals surface area contributed by atoms with Crippen LogP contribution in [-0.4, -0.2) is 26.6 Å². The predicted octanol–water partition coefficient (Wildman–Crippen LogP) is 0.869. The van der Waals surface area contributed by atoms with E-state index in [1.54, 1.807) is 0 Å². The van der Waals surface area contributed by atoms with E-state index in [0.717, 1.165) is 22.6 Å². The summed E-state index contributed by atoms with van der Waals surface area (Å²) in [7, 11) is 1.13. The van der Waals surface area contributed by atoms with E-state index in [1.165, 1.54) is 25.3 Å². The molecule has 1 unspecified atom stereocenters. The van der Waals surface area contributed by atoms with Gasteiger partial charge in [0.2, 0.25) is 0 Å². The molecule has 0 rings (SSSR count). The van der Waals surface area contributed by atoms with Gasteiger partial charge in [0.25, 0.3) is 0 Å². The van der Waals surface area contributed by atoms with Gasteiger partial charge in [-0.2, -0.15) is 0 Å². The summed E-state index contributed by atoms with van der Waals surface area (Å²) in [6.45, 7) is 5.64. The summed E-state index contributed by atoms with van der Waals surface area (Å²) in [6, 6.07) is 1.51. The molecule has 3 heteroatoms. The number of hydrogen-bond acceptors (Lipinski definition) is 1. The van der Waals surface area contributed by atoms with Crippen LogP contribution in [-0.2, 0) is 4.43 Å². The minimum absolute atomic E-state index is 0.201. The lowest BCUT2D eigenvalue weighted by atomic mass is 10.2. The largest absolute Gasteiger partial charge is 0.428 e. The fourth-order valence-electron chi connectivity index (χ4n) is 1.45. The zero-order valence-electron chi connectivity index (χ0n) is 8.23. The van der Waals surface area contributed by atoms with E-state index in [1.807, 2.05) is 0 Å². The normalized spacial score (nSPS) is 14.7. The molecule has 11 heavy (non-hydrogen) atoms. The predicted molar refractivity (Wildman–Crippen MR) is 58.2 cm³/mol. The molecule has 0 spiro atoms. The summed E-state index contributed by atoms with van der Waals surface area (Å²) in [4.78, 5) is 0. The monoisotopic (exact) mass is 190 g/mol. The lowest BCUT2D eigenvalue weighted by molar-refractivity contribution is 0.334. The molecule has 0 radical (unpaired) electrons. The van der Waals surface area contributed by atoms with E-state index in [9.17, 15) is 0 Å². The van der Waals surface area contributed by atoms with Crippen LogP contribution in [0.15, 0.2) is 0 Å². The van der Waals surface area contributed by atoms with E-state index >= 15 is 0 Å². The van der Waals surface area contributed by atoms with Crippen LogP contribution in [0, 0.1) is 0 Å². The van der Waals surface area contributed by atoms with Crippen LogP contribution in [0.2, 0.25) is 11.6 Å². The first-order valence-corrected chi connectivity index (χ1v) is 7.47. The maximum absolute atomic E-state index is 5.33. The molecule has 0 aromatic rings. The van der Waals surface area contributed by atoms with E-state index < -0.39 is 0 Å². The molecule has 0 amide bonds. The third-order valence-corrected chi connectivity index (χ3v) is 4.97. The van der Waals surface area contributed by atoms with Gasteiger partial charge in [0, 0.05) is 16.1 Å². The van der Waals surface area contributed by atoms with Crippen molar-refractivity contribution < 1.29 is 4.43 Å². The quantitative estimate of drug-likeness (QED) is 0.541. The number of hydrogen-bond donors (Lipinski definition) is 0. The summed E-state index contributed by atoms with van der Waals surface area (Å²) >= 11 is 0. The smallest absolute Gasteiger partial charge is 0.145 e. The van der Waals surface area contributed by atoms with E-state index in [4.69, 9.17) is 4.43 Å². The molecule has 0 aliphatic heterocycles. The Bertz CT molecular complexity index is 72.5. The molecule has 68 valence electrons. The van der Waals surface area contributed by atoms with Crippen LogP contribution in [0.1, 0.15) is 33.1 Å². The second kappa shape index (κ2) is 8.49. The van der Waals surface area contributed by atoms with Gasteiger partial charge in [-0.25, -0.2) is 0 Å². The second-order valence-corrected chi connectivity index (χ2v) is 6.27. The first kappa shape index (κ1) is 11.4. The van der Waals surface area contributed by atoms with Crippen LogP contribution in [0.5, 0.6) is 0 Å². The van der Waals surface area contributed by atoms with Gasteiger partial charge in [0.05, 0.1) is 0 Å². The van der Waals surface area contributed by atoms with Crippen molar-refractivity contribution in [3.8, 4) is 0 Å². The Labute approximate surface area is 76.3 Å². The van der Waals surface area contributed by atoms with Crippen molar-refractivity contribution in [2.75, 3.05) is 6.61 Å². The molecule has 0 N–H and O–H groups in total. The van der Waals surface area contributed by atoms with Crippen LogP contribution >= 0.6 is 0 Å². The second-order valence-electron chi connectivity index (χ2n) is 3.25. The van der Waals surface area contributed by atoms with Gasteiger partial charge in [-0.05, 0) is 5.54 Å². The van der Waals surface area contributed by atoms with Gasteiger partial charge in [-0.15, -0.1) is 0 Å². The van der Waals surface area contributed by atoms with Gasteiger partial charge in [-0.1, -0.05) is 39.2 Å². The van der Waals surface area contributed by atoms with Gasteiger partial charge in [0.1, 0.15) is 10.5 Å². The summed E-state index contributed by atoms with van der Waals surface area (Å²) in [5, 5.41) is 0. The summed E-state index contributed by atoms with van der Waals surface area (Å²) in [5.74, 6) is 0. The molecule has 0 fully saturated rings. The first-order chi connectivity index (χ1) is 5.35. The molecule has 0 aromatic heterocycles. The minimum atomic E-state index is 0.201. The van der Waals surface area contributed by atoms with Crippen LogP contribution in [0.25, 0.3) is 0 Å². The molecule has 0 heterocycles. The Morgan fingerprint density at radius 3 is 2.55 bits per heavy atom. The molecule has 0 saturated carbocycles. The first-order valence-electron chi connectivity index (χ1n) is 4.84. The summed E-state index contributed by atoms with van der Waals surface area (Å²) < 4.78 is 5.33. The average Bonchev–Trinajstić information content (AvgIpc) is 2.01. The summed E-state index contributed by atoms with van der Waals surface area (Å²) in [6.07, 6.45) is 4.13. The van der Waals surface area contributed by atoms with Crippen LogP contribution < -0.4 is 0 Å². The molecule has 1 atom stereocenters. The molecule has 0 aromatic carbocycles. The minimum Gasteiger partial charge on any atom is -0.428 e. The van der Waals surface area contributed by atoms with E-state index in [-0.39, 0.29) is 9.52 Å². The van der Waals surface area contributed by atoms with Crippen LogP contribution in [0.4, 0.5) is 0 Å². The topological polar surface area (TPSA) is 9.23 Å². The molecule has 0 aliphatic carbocycles. The van der Waals surface area contributed by atoms with Crippen molar-refractivity contribution in [3.05, 3.63) is 0 Å². The maximum atomic E-state index is 5.33. The third kappa shape index (κ3) is 6.78. The van der Waals surface area contributed by atoms with Crippen molar-refractivity contribution >= 4 is 20.0 Å². The van der Waals surface area contributed by atoms with E-state index in [2.05, 4.69) is 13.8 Å². The Morgan fingerprint density at radius 2 is 2.09 bits per heavy atom. The van der Waals surface area contributed by atoms with Gasteiger partial charge >= 0.3 is 0 Å². The van der Waals surface area contributed by atoms with Crippen LogP contribution in [0.3, 0.4) is 0 Å². The van der Waals surface area contributed by atoms with Gasteiger partial charge in [-0.3, -0.25) is 0 Å². The zero-order valence-corrected chi connectivity index (χ0v) is 11.6. The van der Waals surface area contributed by atoms with Gasteiger partial charge < -0.3 is 4.43 Å². The highest BCUT2D eigenvalue weighted by molar-refractivity contribution is 6.37. The highest BCUT2D eigenvalue weighted by Crippen LogP contribution is 2.13. The average molecular weight is 190 g/mol. The Kier molecular flexibility index (Phi) is 8.79. The highest BCUT2D eigenvalue weighted by atomic mass is 28.2. The molecule has 0 saturated heterocycles. The molecule has 1 nitrogen and oxygen atoms in total. The standard InChI is InChI=1S/C8H22OSi2/c1-3-5-8(7-9-10)11-6-4-2/h8H,3-7,11H2,1-2,10H3. The van der Waals surface area contributed by atoms with Crippen molar-refractivity contribution in [3.63, 3.8) is 0 Å². The fourth-order valence-corrected chi connectivity index (χ4v) is 4.48. The fraction of sp³-hybridized carbons (Fsp3) is 1.00. The molecular weight excluding hydrogens is 168 g/mol. The SMILES string of the molecule is CCC[SiH2]C(CCC)CO[SiH3]. The Morgan fingerprint density at radius 1 is 1.36 bits per heavy atom. The van der Waals surface area contributed by atoms with Gasteiger partial charge in [0.15, 0.2) is 0 Å². The Balaban J connectivity index is 3.34. The molecule has 0 aliphatic rings. The highest BCUT2D eigenvalue weighted by Gasteiger charge is 2.05. The third-order valence-electron chi connectivity index (χ3n) is 2.07. The molecular formula is C8H22OSi2. The Hall–Kier alpha value is 0.394. The number of rotatable bonds is 7. The molecule has 0 bridgehead atoms. The maximum Gasteiger partial charge on any atom is 0.145 e. The van der Waals surface area contributed by atoms with Crippen molar-refractivity contribution in [2.45, 2.75) is 44.7 Å².